The summed E-state index contributed by atoms with van der Waals surface area (Å²) in [4.78, 5) is 3.04. The first kappa shape index (κ1) is 16.7. The fourth-order valence-electron chi connectivity index (χ4n) is 1.38. The second kappa shape index (κ2) is 5.58. The monoisotopic (exact) mass is 329 g/mol. The molecule has 2 nitrogen and oxygen atoms in total. The summed E-state index contributed by atoms with van der Waals surface area (Å²) in [5, 5.41) is 0. The van der Waals surface area contributed by atoms with Crippen molar-refractivity contribution in [2.45, 2.75) is 24.8 Å². The van der Waals surface area contributed by atoms with Gasteiger partial charge in [-0.05, 0) is 0 Å². The maximum absolute atomic E-state index is 12.7. The Morgan fingerprint density at radius 2 is 1.70 bits per heavy atom. The molecule has 11 heteroatoms. The van der Waals surface area contributed by atoms with Gasteiger partial charge in [-0.1, -0.05) is 0 Å². The maximum Gasteiger partial charge on any atom is 0.573 e. The van der Waals surface area contributed by atoms with Crippen molar-refractivity contribution >= 4 is 11.6 Å². The molecule has 0 radical (unpaired) electrons. The Hall–Kier alpha value is -1.32. The van der Waals surface area contributed by atoms with Gasteiger partial charge in [-0.2, -0.15) is 13.2 Å². The summed E-state index contributed by atoms with van der Waals surface area (Å²) in [6, 6.07) is 0. The molecule has 0 aliphatic rings. The highest BCUT2D eigenvalue weighted by Gasteiger charge is 2.44. The first-order valence-corrected chi connectivity index (χ1v) is 5.19. The lowest BCUT2D eigenvalue weighted by atomic mass is 10.1. The summed E-state index contributed by atoms with van der Waals surface area (Å²) in [6.45, 7) is 0. The van der Waals surface area contributed by atoms with Crippen LogP contribution in [0.25, 0.3) is 0 Å². The van der Waals surface area contributed by atoms with E-state index in [-0.39, 0.29) is 6.20 Å². The number of alkyl halides is 9. The third-order valence-corrected chi connectivity index (χ3v) is 2.27. The van der Waals surface area contributed by atoms with Crippen molar-refractivity contribution < 1.29 is 39.9 Å². The minimum atomic E-state index is -5.49. The lowest BCUT2D eigenvalue weighted by molar-refractivity contribution is -0.276. The van der Waals surface area contributed by atoms with Crippen LogP contribution in [0.15, 0.2) is 6.20 Å². The Bertz CT molecular complexity index is 484. The maximum atomic E-state index is 12.7. The van der Waals surface area contributed by atoms with Crippen molar-refractivity contribution in [2.24, 2.45) is 0 Å². The van der Waals surface area contributed by atoms with Gasteiger partial charge in [-0.15, -0.1) is 24.8 Å². The molecule has 0 spiro atoms. The zero-order chi connectivity index (χ0) is 15.7. The van der Waals surface area contributed by atoms with E-state index in [1.807, 2.05) is 0 Å². The van der Waals surface area contributed by atoms with E-state index in [9.17, 15) is 35.1 Å². The van der Waals surface area contributed by atoms with Crippen LogP contribution < -0.4 is 4.74 Å². The lowest BCUT2D eigenvalue weighted by Crippen LogP contribution is -2.22. The van der Waals surface area contributed by atoms with E-state index in [1.54, 1.807) is 0 Å². The summed E-state index contributed by atoms with van der Waals surface area (Å²) >= 11 is 5.16. The number of hydrogen-bond donors (Lipinski definition) is 0. The van der Waals surface area contributed by atoms with E-state index in [2.05, 4.69) is 9.72 Å². The van der Waals surface area contributed by atoms with Gasteiger partial charge in [-0.3, -0.25) is 4.98 Å². The smallest absolute Gasteiger partial charge is 0.403 e. The number of aromatic nitrogens is 1. The third-order valence-electron chi connectivity index (χ3n) is 2.02. The zero-order valence-electron chi connectivity index (χ0n) is 9.12. The number of rotatable bonds is 3. The molecule has 0 N–H and O–H groups in total. The largest absolute Gasteiger partial charge is 0.573 e. The Morgan fingerprint density at radius 1 is 1.15 bits per heavy atom. The molecule has 0 unspecified atom stereocenters. The predicted octanol–water partition coefficient (Wildman–Crippen LogP) is 4.68. The van der Waals surface area contributed by atoms with Gasteiger partial charge in [0.25, 0.3) is 6.43 Å². The quantitative estimate of drug-likeness (QED) is 0.593. The van der Waals surface area contributed by atoms with Crippen LogP contribution in [0.3, 0.4) is 0 Å². The van der Waals surface area contributed by atoms with Crippen molar-refractivity contribution in [3.8, 4) is 5.75 Å². The van der Waals surface area contributed by atoms with Gasteiger partial charge in [0.1, 0.15) is 5.56 Å². The molecule has 1 heterocycles. The average Bonchev–Trinajstić information content (AvgIpc) is 2.24. The number of pyridine rings is 1. The second-order valence-corrected chi connectivity index (χ2v) is 3.60. The average molecular weight is 330 g/mol. The molecule has 0 aliphatic heterocycles. The molecule has 0 amide bonds. The molecule has 0 saturated carbocycles. The van der Waals surface area contributed by atoms with E-state index >= 15 is 0 Å². The van der Waals surface area contributed by atoms with Gasteiger partial charge in [-0.25, -0.2) is 8.78 Å². The van der Waals surface area contributed by atoms with Crippen LogP contribution in [0, 0.1) is 0 Å². The standard InChI is InChI=1S/C9H4ClF8NO/c10-1-3-5(7(11)12)6(8(13,14)15)4(2-19-3)20-9(16,17)18/h2,7H,1H2. The van der Waals surface area contributed by atoms with Gasteiger partial charge in [0, 0.05) is 0 Å². The molecule has 0 atom stereocenters. The number of ether oxygens (including phenoxy) is 1. The normalized spacial score (nSPS) is 12.9. The summed E-state index contributed by atoms with van der Waals surface area (Å²) < 4.78 is 103. The van der Waals surface area contributed by atoms with Crippen LogP contribution in [-0.2, 0) is 12.1 Å². The highest BCUT2D eigenvalue weighted by atomic mass is 35.5. The van der Waals surface area contributed by atoms with Crippen LogP contribution in [0.2, 0.25) is 0 Å². The van der Waals surface area contributed by atoms with Crippen LogP contribution in [0.4, 0.5) is 35.1 Å². The van der Waals surface area contributed by atoms with E-state index < -0.39 is 47.4 Å². The molecule has 0 bridgehead atoms. The van der Waals surface area contributed by atoms with Crippen LogP contribution >= 0.6 is 11.6 Å². The Morgan fingerprint density at radius 3 is 2.05 bits per heavy atom. The van der Waals surface area contributed by atoms with Crippen molar-refractivity contribution in [3.05, 3.63) is 23.0 Å². The van der Waals surface area contributed by atoms with E-state index in [0.29, 0.717) is 0 Å². The van der Waals surface area contributed by atoms with Gasteiger partial charge in [0.2, 0.25) is 0 Å². The summed E-state index contributed by atoms with van der Waals surface area (Å²) in [5.74, 6) is -2.68. The van der Waals surface area contributed by atoms with Crippen molar-refractivity contribution in [2.75, 3.05) is 0 Å². The van der Waals surface area contributed by atoms with Crippen molar-refractivity contribution in [1.29, 1.82) is 0 Å². The molecule has 0 fully saturated rings. The number of halogens is 9. The van der Waals surface area contributed by atoms with E-state index in [4.69, 9.17) is 11.6 Å². The molecule has 114 valence electrons. The lowest BCUT2D eigenvalue weighted by Gasteiger charge is -2.19. The minimum Gasteiger partial charge on any atom is -0.403 e. The fourth-order valence-corrected chi connectivity index (χ4v) is 1.60. The molecular weight excluding hydrogens is 326 g/mol. The molecule has 0 aliphatic carbocycles. The van der Waals surface area contributed by atoms with E-state index in [1.165, 1.54) is 0 Å². The van der Waals surface area contributed by atoms with Crippen LogP contribution in [-0.4, -0.2) is 11.3 Å². The second-order valence-electron chi connectivity index (χ2n) is 3.34. The molecule has 1 rings (SSSR count). The van der Waals surface area contributed by atoms with Crippen LogP contribution in [0.1, 0.15) is 23.2 Å². The summed E-state index contributed by atoms with van der Waals surface area (Å²) in [6.07, 6.45) is -14.6. The van der Waals surface area contributed by atoms with Crippen LogP contribution in [0.5, 0.6) is 5.75 Å². The van der Waals surface area contributed by atoms with Gasteiger partial charge >= 0.3 is 12.5 Å². The molecule has 1 aromatic rings. The third kappa shape index (κ3) is 3.84. The zero-order valence-corrected chi connectivity index (χ0v) is 9.87. The fraction of sp³-hybridized carbons (Fsp3) is 0.444. The Labute approximate surface area is 111 Å². The van der Waals surface area contributed by atoms with E-state index in [0.717, 1.165) is 0 Å². The Kier molecular flexibility index (Phi) is 4.67. The molecule has 0 saturated heterocycles. The number of hydrogen-bond acceptors (Lipinski definition) is 2. The summed E-state index contributed by atoms with van der Waals surface area (Å²) in [5.41, 5.74) is -4.84. The van der Waals surface area contributed by atoms with Gasteiger partial charge in [0.15, 0.2) is 5.75 Å². The molecular formula is C9H4ClF8NO. The molecule has 0 aromatic carbocycles. The minimum absolute atomic E-state index is 0.0555. The summed E-state index contributed by atoms with van der Waals surface area (Å²) in [7, 11) is 0. The molecule has 20 heavy (non-hydrogen) atoms. The van der Waals surface area contributed by atoms with Crippen molar-refractivity contribution in [1.82, 2.24) is 4.98 Å². The first-order valence-electron chi connectivity index (χ1n) is 4.66. The Balaban J connectivity index is 3.58. The first-order chi connectivity index (χ1) is 8.97. The highest BCUT2D eigenvalue weighted by molar-refractivity contribution is 6.17. The predicted molar refractivity (Wildman–Crippen MR) is 50.4 cm³/mol. The molecule has 1 aromatic heterocycles. The van der Waals surface area contributed by atoms with Gasteiger partial charge in [0.05, 0.1) is 23.3 Å². The SMILES string of the molecule is FC(F)c1c(CCl)ncc(OC(F)(F)F)c1C(F)(F)F. The van der Waals surface area contributed by atoms with Gasteiger partial charge < -0.3 is 4.74 Å². The topological polar surface area (TPSA) is 22.1 Å². The van der Waals surface area contributed by atoms with Crippen molar-refractivity contribution in [3.63, 3.8) is 0 Å². The highest BCUT2D eigenvalue weighted by Crippen LogP contribution is 2.44. The number of nitrogens with zero attached hydrogens (tertiary/aromatic N) is 1.